The van der Waals surface area contributed by atoms with E-state index in [-0.39, 0.29) is 6.10 Å². The Hall–Kier alpha value is -2.06. The maximum absolute atomic E-state index is 5.87. The van der Waals surface area contributed by atoms with Crippen molar-refractivity contribution >= 4 is 0 Å². The van der Waals surface area contributed by atoms with Crippen LogP contribution in [0.4, 0.5) is 0 Å². The van der Waals surface area contributed by atoms with Crippen molar-refractivity contribution in [1.82, 2.24) is 5.06 Å². The number of hydrogen-bond donors (Lipinski definition) is 0. The molecule has 2 heteroatoms. The van der Waals surface area contributed by atoms with Crippen LogP contribution in [-0.4, -0.2) is 5.06 Å². The van der Waals surface area contributed by atoms with Crippen LogP contribution in [-0.2, 0) is 11.4 Å². The van der Waals surface area contributed by atoms with E-state index in [1.54, 1.807) is 0 Å². The van der Waals surface area contributed by atoms with Crippen LogP contribution in [0.2, 0.25) is 0 Å². The third-order valence-electron chi connectivity index (χ3n) is 2.99. The highest BCUT2D eigenvalue weighted by molar-refractivity contribution is 5.22. The van der Waals surface area contributed by atoms with Crippen LogP contribution in [0, 0.1) is 0 Å². The molecule has 3 rings (SSSR count). The quantitative estimate of drug-likeness (QED) is 0.807. The van der Waals surface area contributed by atoms with Gasteiger partial charge in [0.25, 0.3) is 0 Å². The van der Waals surface area contributed by atoms with Crippen molar-refractivity contribution in [2.24, 2.45) is 0 Å². The third-order valence-corrected chi connectivity index (χ3v) is 2.99. The van der Waals surface area contributed by atoms with E-state index in [0.29, 0.717) is 0 Å². The predicted molar refractivity (Wildman–Crippen MR) is 71.4 cm³/mol. The molecule has 1 heterocycles. The fourth-order valence-electron chi connectivity index (χ4n) is 2.06. The molecule has 18 heavy (non-hydrogen) atoms. The summed E-state index contributed by atoms with van der Waals surface area (Å²) in [5, 5.41) is 1.88. The second kappa shape index (κ2) is 5.07. The van der Waals surface area contributed by atoms with E-state index in [1.165, 1.54) is 11.1 Å². The Bertz CT molecular complexity index is 521. The fraction of sp³-hybridized carbons (Fsp3) is 0.125. The maximum atomic E-state index is 5.87. The number of hydrogen-bond acceptors (Lipinski definition) is 2. The number of nitrogens with zero attached hydrogens (tertiary/aromatic N) is 1. The summed E-state index contributed by atoms with van der Waals surface area (Å²) in [6, 6.07) is 20.6. The van der Waals surface area contributed by atoms with Gasteiger partial charge >= 0.3 is 0 Å². The monoisotopic (exact) mass is 237 g/mol. The van der Waals surface area contributed by atoms with Gasteiger partial charge in [0.15, 0.2) is 0 Å². The minimum absolute atomic E-state index is 0.0370. The van der Waals surface area contributed by atoms with Crippen molar-refractivity contribution in [3.05, 3.63) is 84.1 Å². The summed E-state index contributed by atoms with van der Waals surface area (Å²) in [6.45, 7) is 0.778. The molecule has 0 aliphatic carbocycles. The lowest BCUT2D eigenvalue weighted by molar-refractivity contribution is -0.137. The second-order valence-electron chi connectivity index (χ2n) is 4.34. The minimum Gasteiger partial charge on any atom is -0.261 e. The summed E-state index contributed by atoms with van der Waals surface area (Å²) in [5.74, 6) is 0. The molecule has 0 saturated carbocycles. The summed E-state index contributed by atoms with van der Waals surface area (Å²) in [6.07, 6.45) is 4.12. The van der Waals surface area contributed by atoms with Crippen LogP contribution in [0.3, 0.4) is 0 Å². The fourth-order valence-corrected chi connectivity index (χ4v) is 2.06. The number of rotatable bonds is 3. The molecule has 1 aliphatic heterocycles. The van der Waals surface area contributed by atoms with Crippen LogP contribution in [0.25, 0.3) is 0 Å². The van der Waals surface area contributed by atoms with E-state index in [0.717, 1.165) is 6.54 Å². The lowest BCUT2D eigenvalue weighted by Gasteiger charge is -2.18. The van der Waals surface area contributed by atoms with E-state index >= 15 is 0 Å². The lowest BCUT2D eigenvalue weighted by Crippen LogP contribution is -2.14. The van der Waals surface area contributed by atoms with Gasteiger partial charge in [-0.05, 0) is 17.2 Å². The Balaban J connectivity index is 1.65. The van der Waals surface area contributed by atoms with Gasteiger partial charge in [0.1, 0.15) is 6.10 Å². The highest BCUT2D eigenvalue weighted by Gasteiger charge is 2.18. The molecule has 2 nitrogen and oxygen atoms in total. The summed E-state index contributed by atoms with van der Waals surface area (Å²) in [5.41, 5.74) is 2.43. The van der Waals surface area contributed by atoms with Crippen LogP contribution in [0.5, 0.6) is 0 Å². The molecule has 0 saturated heterocycles. The van der Waals surface area contributed by atoms with E-state index in [2.05, 4.69) is 30.3 Å². The molecule has 0 bridgehead atoms. The molecule has 0 N–H and O–H groups in total. The molecule has 0 fully saturated rings. The Labute approximate surface area is 107 Å². The normalized spacial score (nSPS) is 18.2. The summed E-state index contributed by atoms with van der Waals surface area (Å²) in [7, 11) is 0. The van der Waals surface area contributed by atoms with Gasteiger partial charge in [0.2, 0.25) is 0 Å². The Morgan fingerprint density at radius 1 is 0.889 bits per heavy atom. The molecule has 2 aromatic carbocycles. The zero-order chi connectivity index (χ0) is 12.2. The molecular weight excluding hydrogens is 222 g/mol. The van der Waals surface area contributed by atoms with Crippen LogP contribution < -0.4 is 0 Å². The van der Waals surface area contributed by atoms with E-state index in [1.807, 2.05) is 47.7 Å². The molecular formula is C16H15NO. The first kappa shape index (κ1) is 11.1. The first-order chi connectivity index (χ1) is 8.92. The largest absolute Gasteiger partial charge is 0.261 e. The topological polar surface area (TPSA) is 12.5 Å². The van der Waals surface area contributed by atoms with Crippen molar-refractivity contribution in [2.45, 2.75) is 12.6 Å². The van der Waals surface area contributed by atoms with Crippen molar-refractivity contribution in [3.63, 3.8) is 0 Å². The molecule has 1 aliphatic rings. The molecule has 0 radical (unpaired) electrons. The maximum Gasteiger partial charge on any atom is 0.131 e. The second-order valence-corrected chi connectivity index (χ2v) is 4.34. The average molecular weight is 237 g/mol. The first-order valence-corrected chi connectivity index (χ1v) is 6.12. The summed E-state index contributed by atoms with van der Waals surface area (Å²) < 4.78 is 0. The third kappa shape index (κ3) is 2.44. The minimum atomic E-state index is 0.0370. The molecule has 0 spiro atoms. The summed E-state index contributed by atoms with van der Waals surface area (Å²) in [4.78, 5) is 5.87. The zero-order valence-electron chi connectivity index (χ0n) is 10.1. The van der Waals surface area contributed by atoms with E-state index in [4.69, 9.17) is 4.84 Å². The van der Waals surface area contributed by atoms with Gasteiger partial charge in [0, 0.05) is 6.20 Å². The van der Waals surface area contributed by atoms with Gasteiger partial charge in [-0.3, -0.25) is 9.90 Å². The van der Waals surface area contributed by atoms with Crippen LogP contribution in [0.1, 0.15) is 17.2 Å². The Morgan fingerprint density at radius 2 is 1.56 bits per heavy atom. The summed E-state index contributed by atoms with van der Waals surface area (Å²) >= 11 is 0. The first-order valence-electron chi connectivity index (χ1n) is 6.12. The van der Waals surface area contributed by atoms with Crippen LogP contribution in [0.15, 0.2) is 72.9 Å². The Kier molecular flexibility index (Phi) is 3.11. The molecule has 0 aromatic heterocycles. The smallest absolute Gasteiger partial charge is 0.131 e. The van der Waals surface area contributed by atoms with E-state index in [9.17, 15) is 0 Å². The van der Waals surface area contributed by atoms with Crippen molar-refractivity contribution in [2.75, 3.05) is 0 Å². The van der Waals surface area contributed by atoms with Crippen molar-refractivity contribution in [1.29, 1.82) is 0 Å². The van der Waals surface area contributed by atoms with Crippen LogP contribution >= 0.6 is 0 Å². The number of benzene rings is 2. The molecule has 1 atom stereocenters. The number of hydroxylamine groups is 2. The standard InChI is InChI=1S/C16H15NO/c1-3-7-14(8-4-1)13-17-12-11-16(18-17)15-9-5-2-6-10-15/h1-12,16H,13H2. The van der Waals surface area contributed by atoms with Crippen molar-refractivity contribution < 1.29 is 4.84 Å². The SMILES string of the molecule is C1=CN(Cc2ccccc2)OC1c1ccccc1. The van der Waals surface area contributed by atoms with Gasteiger partial charge in [-0.2, -0.15) is 0 Å². The molecule has 0 amide bonds. The average Bonchev–Trinajstić information content (AvgIpc) is 2.89. The van der Waals surface area contributed by atoms with Gasteiger partial charge in [-0.15, -0.1) is 0 Å². The van der Waals surface area contributed by atoms with E-state index < -0.39 is 0 Å². The highest BCUT2D eigenvalue weighted by atomic mass is 16.7. The zero-order valence-corrected chi connectivity index (χ0v) is 10.1. The molecule has 1 unspecified atom stereocenters. The van der Waals surface area contributed by atoms with Crippen molar-refractivity contribution in [3.8, 4) is 0 Å². The predicted octanol–water partition coefficient (Wildman–Crippen LogP) is 3.69. The van der Waals surface area contributed by atoms with Gasteiger partial charge < -0.3 is 0 Å². The molecule has 2 aromatic rings. The van der Waals surface area contributed by atoms with Gasteiger partial charge in [-0.1, -0.05) is 60.7 Å². The lowest BCUT2D eigenvalue weighted by atomic mass is 10.1. The van der Waals surface area contributed by atoms with Gasteiger partial charge in [-0.25, -0.2) is 0 Å². The highest BCUT2D eigenvalue weighted by Crippen LogP contribution is 2.26. The van der Waals surface area contributed by atoms with Gasteiger partial charge in [0.05, 0.1) is 6.54 Å². The Morgan fingerprint density at radius 3 is 2.28 bits per heavy atom. The molecule has 90 valence electrons.